The number of rotatable bonds is 3. The minimum atomic E-state index is -2.30. The molecule has 0 aliphatic carbocycles. The molecule has 0 aromatic rings. The number of hydrogen-bond donors (Lipinski definition) is 6. The summed E-state index contributed by atoms with van der Waals surface area (Å²) in [5.74, 6) is -2.01. The second-order valence-electron chi connectivity index (χ2n) is 5.68. The third kappa shape index (κ3) is 2.22. The van der Waals surface area contributed by atoms with Crippen LogP contribution >= 0.6 is 0 Å². The number of allylic oxidation sites excluding steroid dienone is 1. The molecule has 9 nitrogen and oxygen atoms in total. The van der Waals surface area contributed by atoms with Gasteiger partial charge in [-0.1, -0.05) is 6.08 Å². The lowest BCUT2D eigenvalue weighted by Gasteiger charge is -2.49. The molecule has 3 fully saturated rings. The minimum Gasteiger partial charge on any atom is -0.393 e. The summed E-state index contributed by atoms with van der Waals surface area (Å²) in [7, 11) is 0. The van der Waals surface area contributed by atoms with Gasteiger partial charge in [-0.2, -0.15) is 0 Å². The topological polar surface area (TPSA) is 148 Å². The summed E-state index contributed by atoms with van der Waals surface area (Å²) >= 11 is 0. The number of aliphatic hydroxyl groups excluding tert-OH is 2. The molecule has 3 aliphatic rings. The van der Waals surface area contributed by atoms with Gasteiger partial charge in [0.1, 0.15) is 11.7 Å². The average Bonchev–Trinajstić information content (AvgIpc) is 2.46. The first-order valence-corrected chi connectivity index (χ1v) is 6.82. The van der Waals surface area contributed by atoms with Crippen molar-refractivity contribution in [2.24, 2.45) is 0 Å². The number of fused-ring (bicyclic) bond motifs is 5. The third-order valence-electron chi connectivity index (χ3n) is 4.07. The zero-order valence-electron chi connectivity index (χ0n) is 12.3. The molecule has 3 saturated heterocycles. The van der Waals surface area contributed by atoms with Gasteiger partial charge < -0.3 is 35.8 Å². The maximum atomic E-state index is 12.4. The van der Waals surface area contributed by atoms with Crippen LogP contribution in [-0.2, 0) is 14.3 Å². The Bertz CT molecular complexity index is 532. The van der Waals surface area contributed by atoms with Crippen molar-refractivity contribution in [1.29, 1.82) is 0 Å². The van der Waals surface area contributed by atoms with Crippen LogP contribution in [0.3, 0.4) is 0 Å². The van der Waals surface area contributed by atoms with Crippen molar-refractivity contribution in [3.05, 3.63) is 11.6 Å². The number of ether oxygens (including phenoxy) is 1. The molecular weight excluding hydrogens is 296 g/mol. The molecule has 3 aliphatic heterocycles. The summed E-state index contributed by atoms with van der Waals surface area (Å²) in [6.07, 6.45) is -0.330. The SMILES string of the molecule is C/C=C1\CCOC2([C@H](O)[C@](C)(O)CO)NC(=O)[C@]1(O)NC2=O. The number of amides is 2. The van der Waals surface area contributed by atoms with Crippen molar-refractivity contribution < 1.29 is 34.8 Å². The molecule has 124 valence electrons. The van der Waals surface area contributed by atoms with Crippen molar-refractivity contribution >= 4 is 11.8 Å². The average molecular weight is 316 g/mol. The van der Waals surface area contributed by atoms with Crippen molar-refractivity contribution in [3.8, 4) is 0 Å². The Morgan fingerprint density at radius 2 is 2.05 bits per heavy atom. The summed E-state index contributed by atoms with van der Waals surface area (Å²) < 4.78 is 5.35. The number of nitrogens with one attached hydrogen (secondary N) is 2. The Labute approximate surface area is 126 Å². The Kier molecular flexibility index (Phi) is 4.05. The van der Waals surface area contributed by atoms with Gasteiger partial charge in [0.05, 0.1) is 13.2 Å². The molecule has 0 aromatic heterocycles. The quantitative estimate of drug-likeness (QED) is 0.306. The van der Waals surface area contributed by atoms with Crippen LogP contribution in [-0.4, -0.2) is 68.6 Å². The van der Waals surface area contributed by atoms with Crippen LogP contribution < -0.4 is 10.6 Å². The van der Waals surface area contributed by atoms with Gasteiger partial charge in [-0.3, -0.25) is 9.59 Å². The molecule has 22 heavy (non-hydrogen) atoms. The van der Waals surface area contributed by atoms with Crippen LogP contribution in [0.2, 0.25) is 0 Å². The number of carbonyl (C=O) groups is 2. The maximum Gasteiger partial charge on any atom is 0.280 e. The fourth-order valence-corrected chi connectivity index (χ4v) is 2.61. The van der Waals surface area contributed by atoms with Crippen LogP contribution in [0.5, 0.6) is 0 Å². The molecule has 6 N–H and O–H groups in total. The zero-order chi connectivity index (χ0) is 16.8. The van der Waals surface area contributed by atoms with E-state index < -0.39 is 41.6 Å². The van der Waals surface area contributed by atoms with Crippen LogP contribution in [0, 0.1) is 0 Å². The highest BCUT2D eigenvalue weighted by Gasteiger charge is 2.63. The standard InChI is InChI=1S/C13H20N2O7/c1-3-7-4-5-22-13(8(17)11(2,20)6-16)10(19)14-12(7,21)9(18)15-13/h3,8,16-17,20-21H,4-6H2,1-2H3,(H,14,19)(H,15,18)/b7-3+/t8-,11-,12+,13?/m1/s1. The molecule has 0 spiro atoms. The molecule has 2 amide bonds. The predicted molar refractivity (Wildman–Crippen MR) is 72.0 cm³/mol. The lowest BCUT2D eigenvalue weighted by Crippen LogP contribution is -2.82. The molecular formula is C13H20N2O7. The second kappa shape index (κ2) is 5.28. The highest BCUT2D eigenvalue weighted by molar-refractivity contribution is 6.03. The normalized spacial score (nSPS) is 37.8. The van der Waals surface area contributed by atoms with E-state index in [1.807, 2.05) is 0 Å². The van der Waals surface area contributed by atoms with E-state index in [4.69, 9.17) is 9.84 Å². The van der Waals surface area contributed by atoms with E-state index in [9.17, 15) is 24.9 Å². The first-order valence-electron chi connectivity index (χ1n) is 6.82. The van der Waals surface area contributed by atoms with Gasteiger partial charge in [0.15, 0.2) is 0 Å². The number of hydrogen-bond acceptors (Lipinski definition) is 7. The monoisotopic (exact) mass is 316 g/mol. The van der Waals surface area contributed by atoms with Crippen molar-refractivity contribution in [1.82, 2.24) is 10.6 Å². The first kappa shape index (κ1) is 16.8. The molecule has 0 aromatic carbocycles. The Morgan fingerprint density at radius 3 is 2.59 bits per heavy atom. The summed E-state index contributed by atoms with van der Waals surface area (Å²) in [6.45, 7) is 1.73. The Morgan fingerprint density at radius 1 is 1.41 bits per heavy atom. The van der Waals surface area contributed by atoms with Crippen molar-refractivity contribution in [3.63, 3.8) is 0 Å². The molecule has 3 rings (SSSR count). The zero-order valence-corrected chi connectivity index (χ0v) is 12.3. The van der Waals surface area contributed by atoms with Crippen molar-refractivity contribution in [2.75, 3.05) is 13.2 Å². The van der Waals surface area contributed by atoms with E-state index in [0.717, 1.165) is 6.92 Å². The smallest absolute Gasteiger partial charge is 0.280 e. The first-order chi connectivity index (χ1) is 10.1. The number of aliphatic hydroxyl groups is 4. The summed E-state index contributed by atoms with van der Waals surface area (Å²) in [5.41, 5.74) is -6.39. The van der Waals surface area contributed by atoms with Gasteiger partial charge in [-0.25, -0.2) is 0 Å². The van der Waals surface area contributed by atoms with Crippen molar-refractivity contribution in [2.45, 2.75) is 43.4 Å². The third-order valence-corrected chi connectivity index (χ3v) is 4.07. The molecule has 9 heteroatoms. The predicted octanol–water partition coefficient (Wildman–Crippen LogP) is -2.91. The summed E-state index contributed by atoms with van der Waals surface area (Å²) in [5, 5.41) is 44.1. The van der Waals surface area contributed by atoms with Gasteiger partial charge >= 0.3 is 0 Å². The van der Waals surface area contributed by atoms with Gasteiger partial charge in [0.25, 0.3) is 17.5 Å². The molecule has 0 saturated carbocycles. The largest absolute Gasteiger partial charge is 0.393 e. The van der Waals surface area contributed by atoms with Crippen LogP contribution in [0.15, 0.2) is 11.6 Å². The van der Waals surface area contributed by atoms with E-state index >= 15 is 0 Å². The van der Waals surface area contributed by atoms with Gasteiger partial charge in [0, 0.05) is 0 Å². The highest BCUT2D eigenvalue weighted by atomic mass is 16.5. The minimum absolute atomic E-state index is 0.0890. The lowest BCUT2D eigenvalue weighted by molar-refractivity contribution is -0.230. The van der Waals surface area contributed by atoms with Gasteiger partial charge in [-0.15, -0.1) is 0 Å². The van der Waals surface area contributed by atoms with E-state index in [-0.39, 0.29) is 18.6 Å². The van der Waals surface area contributed by atoms with Gasteiger partial charge in [-0.05, 0) is 25.8 Å². The second-order valence-corrected chi connectivity index (χ2v) is 5.68. The highest BCUT2D eigenvalue weighted by Crippen LogP contribution is 2.33. The van der Waals surface area contributed by atoms with Crippen LogP contribution in [0.1, 0.15) is 20.3 Å². The van der Waals surface area contributed by atoms with Gasteiger partial charge in [0.2, 0.25) is 5.72 Å². The number of piperazine rings is 1. The molecule has 3 heterocycles. The van der Waals surface area contributed by atoms with Crippen LogP contribution in [0.4, 0.5) is 0 Å². The molecule has 4 atom stereocenters. The van der Waals surface area contributed by atoms with E-state index in [1.54, 1.807) is 6.92 Å². The molecule has 2 bridgehead atoms. The summed E-state index contributed by atoms with van der Waals surface area (Å²) in [4.78, 5) is 24.6. The van der Waals surface area contributed by atoms with E-state index in [2.05, 4.69) is 10.6 Å². The lowest BCUT2D eigenvalue weighted by atomic mass is 9.85. The fourth-order valence-electron chi connectivity index (χ4n) is 2.61. The molecule has 0 radical (unpaired) electrons. The summed E-state index contributed by atoms with van der Waals surface area (Å²) in [6, 6.07) is 0. The molecule has 1 unspecified atom stereocenters. The van der Waals surface area contributed by atoms with Crippen LogP contribution in [0.25, 0.3) is 0 Å². The maximum absolute atomic E-state index is 12.4. The number of carbonyl (C=O) groups excluding carboxylic acids is 2. The Balaban J connectivity index is 2.49. The van der Waals surface area contributed by atoms with E-state index in [0.29, 0.717) is 0 Å². The fraction of sp³-hybridized carbons (Fsp3) is 0.692. The van der Waals surface area contributed by atoms with E-state index in [1.165, 1.54) is 6.08 Å². The Hall–Kier alpha value is -1.52.